The molecule has 0 amide bonds. The predicted octanol–water partition coefficient (Wildman–Crippen LogP) is 3.50. The molecule has 0 atom stereocenters. The van der Waals surface area contributed by atoms with Crippen LogP contribution in [-0.4, -0.2) is 84.9 Å². The molecule has 2 aromatic heterocycles. The van der Waals surface area contributed by atoms with Crippen LogP contribution in [0.2, 0.25) is 0 Å². The molecule has 1 fully saturated rings. The molecule has 218 valence electrons. The van der Waals surface area contributed by atoms with Crippen molar-refractivity contribution < 1.29 is 8.42 Å². The van der Waals surface area contributed by atoms with Crippen molar-refractivity contribution in [1.82, 2.24) is 29.0 Å². The number of unbranched alkanes of at least 4 members (excludes halogenated alkanes) is 1. The van der Waals surface area contributed by atoms with Gasteiger partial charge in [-0.2, -0.15) is 0 Å². The fourth-order valence-corrected chi connectivity index (χ4v) is 7.78. The fourth-order valence-electron chi connectivity index (χ4n) is 4.94. The summed E-state index contributed by atoms with van der Waals surface area (Å²) in [4.78, 5) is 24.2. The smallest absolute Gasteiger partial charge is 0.263 e. The lowest BCUT2D eigenvalue weighted by Crippen LogP contribution is -2.47. The fraction of sp³-hybridized carbons (Fsp3) is 0.517. The molecule has 0 unspecified atom stereocenters. The highest BCUT2D eigenvalue weighted by Gasteiger charge is 2.29. The molecule has 4 rings (SSSR count). The maximum atomic E-state index is 13.6. The first-order valence-corrected chi connectivity index (χ1v) is 16.4. The van der Waals surface area contributed by atoms with Gasteiger partial charge in [-0.3, -0.25) is 19.2 Å². The van der Waals surface area contributed by atoms with Crippen LogP contribution in [0.25, 0.3) is 10.2 Å². The van der Waals surface area contributed by atoms with E-state index in [0.29, 0.717) is 22.8 Å². The molecular formula is C29H42N6O3S2. The van der Waals surface area contributed by atoms with Crippen molar-refractivity contribution in [3.63, 3.8) is 0 Å². The topological polar surface area (TPSA) is 90.8 Å². The van der Waals surface area contributed by atoms with E-state index in [0.717, 1.165) is 64.4 Å². The zero-order chi connectivity index (χ0) is 28.7. The average Bonchev–Trinajstić information content (AvgIpc) is 3.31. The summed E-state index contributed by atoms with van der Waals surface area (Å²) in [5.41, 5.74) is 1.98. The minimum absolute atomic E-state index is 0.0853. The highest BCUT2D eigenvalue weighted by molar-refractivity contribution is 7.89. The lowest BCUT2D eigenvalue weighted by Gasteiger charge is -2.34. The number of fused-ring (bicyclic) bond motifs is 1. The molecule has 40 heavy (non-hydrogen) atoms. The van der Waals surface area contributed by atoms with Gasteiger partial charge >= 0.3 is 0 Å². The van der Waals surface area contributed by atoms with E-state index in [4.69, 9.17) is 0 Å². The molecule has 1 aliphatic heterocycles. The van der Waals surface area contributed by atoms with E-state index in [2.05, 4.69) is 63.4 Å². The van der Waals surface area contributed by atoms with E-state index in [-0.39, 0.29) is 15.8 Å². The molecular weight excluding hydrogens is 544 g/mol. The van der Waals surface area contributed by atoms with Crippen molar-refractivity contribution in [1.29, 1.82) is 0 Å². The van der Waals surface area contributed by atoms with Gasteiger partial charge in [-0.15, -0.1) is 11.3 Å². The summed E-state index contributed by atoms with van der Waals surface area (Å²) in [6.45, 7) is 13.1. The highest BCUT2D eigenvalue weighted by atomic mass is 32.2. The molecule has 1 N–H and O–H groups in total. The van der Waals surface area contributed by atoms with Gasteiger partial charge in [-0.25, -0.2) is 17.7 Å². The number of hydrogen-bond donors (Lipinski definition) is 1. The average molecular weight is 587 g/mol. The standard InChI is InChI=1S/C29H42N6O3S2/c1-5-7-13-25(30-14-15-33-16-18-34(19-17-33)20-24-11-9-8-10-12-24)21-35-22-31-28-26(29(35)36)27(23(3)39-28)40(37,38)32(4)6-2/h8-13,22,30H,5-7,14-21H2,1-4H3/b25-13-. The molecule has 3 aromatic rings. The summed E-state index contributed by atoms with van der Waals surface area (Å²) in [7, 11) is -2.25. The molecule has 0 bridgehead atoms. The Hall–Kier alpha value is -2.57. The number of sulfonamides is 1. The Bertz CT molecular complexity index is 1460. The third kappa shape index (κ3) is 7.19. The van der Waals surface area contributed by atoms with E-state index in [9.17, 15) is 13.2 Å². The van der Waals surface area contributed by atoms with Crippen molar-refractivity contribution in [3.8, 4) is 0 Å². The Labute approximate surface area is 242 Å². The van der Waals surface area contributed by atoms with Crippen LogP contribution in [-0.2, 0) is 23.1 Å². The first-order chi connectivity index (χ1) is 19.2. The summed E-state index contributed by atoms with van der Waals surface area (Å²) in [6, 6.07) is 10.6. The third-order valence-corrected chi connectivity index (χ3v) is 10.7. The number of benzene rings is 1. The normalized spacial score (nSPS) is 15.8. The zero-order valence-corrected chi connectivity index (χ0v) is 25.7. The molecule has 3 heterocycles. The molecule has 1 aromatic carbocycles. The van der Waals surface area contributed by atoms with Gasteiger partial charge in [0.2, 0.25) is 10.0 Å². The maximum absolute atomic E-state index is 13.6. The van der Waals surface area contributed by atoms with Crippen LogP contribution < -0.4 is 10.9 Å². The van der Waals surface area contributed by atoms with Gasteiger partial charge < -0.3 is 5.32 Å². The van der Waals surface area contributed by atoms with Crippen LogP contribution in [0.15, 0.2) is 58.1 Å². The predicted molar refractivity (Wildman–Crippen MR) is 163 cm³/mol. The number of aromatic nitrogens is 2. The number of nitrogens with zero attached hydrogens (tertiary/aromatic N) is 5. The molecule has 1 aliphatic rings. The van der Waals surface area contributed by atoms with Gasteiger partial charge in [0.25, 0.3) is 5.56 Å². The van der Waals surface area contributed by atoms with Gasteiger partial charge in [0.1, 0.15) is 9.73 Å². The second-order valence-corrected chi connectivity index (χ2v) is 13.5. The Morgan fingerprint density at radius 3 is 2.50 bits per heavy atom. The summed E-state index contributed by atoms with van der Waals surface area (Å²) in [5.74, 6) is 0. The Kier molecular flexibility index (Phi) is 10.5. The van der Waals surface area contributed by atoms with Crippen molar-refractivity contribution in [2.75, 3.05) is 52.9 Å². The van der Waals surface area contributed by atoms with E-state index >= 15 is 0 Å². The van der Waals surface area contributed by atoms with Crippen LogP contribution in [0.3, 0.4) is 0 Å². The van der Waals surface area contributed by atoms with Gasteiger partial charge in [0.05, 0.1) is 18.3 Å². The molecule has 0 spiro atoms. The van der Waals surface area contributed by atoms with Crippen LogP contribution >= 0.6 is 11.3 Å². The van der Waals surface area contributed by atoms with Gasteiger partial charge in [-0.05, 0) is 18.9 Å². The zero-order valence-electron chi connectivity index (χ0n) is 24.1. The van der Waals surface area contributed by atoms with E-state index in [1.807, 2.05) is 0 Å². The number of thiophene rings is 1. The summed E-state index contributed by atoms with van der Waals surface area (Å²) in [5, 5.41) is 3.74. The lowest BCUT2D eigenvalue weighted by atomic mass is 10.2. The molecule has 11 heteroatoms. The summed E-state index contributed by atoms with van der Waals surface area (Å²) < 4.78 is 29.2. The number of hydrogen-bond acceptors (Lipinski definition) is 8. The van der Waals surface area contributed by atoms with Crippen LogP contribution in [0, 0.1) is 6.92 Å². The number of rotatable bonds is 13. The molecule has 9 nitrogen and oxygen atoms in total. The van der Waals surface area contributed by atoms with E-state index < -0.39 is 10.0 Å². The molecule has 0 saturated carbocycles. The van der Waals surface area contributed by atoms with Crippen LogP contribution in [0.1, 0.15) is 37.1 Å². The number of piperazine rings is 1. The van der Waals surface area contributed by atoms with Gasteiger partial charge in [0.15, 0.2) is 0 Å². The second kappa shape index (κ2) is 13.9. The quantitative estimate of drug-likeness (QED) is 0.328. The maximum Gasteiger partial charge on any atom is 0.263 e. The first-order valence-electron chi connectivity index (χ1n) is 14.1. The number of allylic oxidation sites excluding steroid dienone is 2. The molecule has 0 aliphatic carbocycles. The SMILES string of the molecule is CCC/C=C(/Cn1cnc2sc(C)c(S(=O)(=O)N(C)CC)c2c1=O)NCCN1CCN(Cc2ccccc2)CC1. The molecule has 0 radical (unpaired) electrons. The lowest BCUT2D eigenvalue weighted by molar-refractivity contribution is 0.128. The molecule has 1 saturated heterocycles. The minimum atomic E-state index is -3.78. The Balaban J connectivity index is 1.41. The summed E-state index contributed by atoms with van der Waals surface area (Å²) >= 11 is 1.25. The van der Waals surface area contributed by atoms with Crippen LogP contribution in [0.5, 0.6) is 0 Å². The first kappa shape index (κ1) is 30.4. The van der Waals surface area contributed by atoms with Crippen molar-refractivity contribution in [2.45, 2.75) is 51.6 Å². The highest BCUT2D eigenvalue weighted by Crippen LogP contribution is 2.32. The largest absolute Gasteiger partial charge is 0.386 e. The second-order valence-electron chi connectivity index (χ2n) is 10.3. The Morgan fingerprint density at radius 2 is 1.82 bits per heavy atom. The third-order valence-electron chi connectivity index (χ3n) is 7.43. The summed E-state index contributed by atoms with van der Waals surface area (Å²) in [6.07, 6.45) is 5.56. The number of nitrogens with one attached hydrogen (secondary N) is 1. The van der Waals surface area contributed by atoms with E-state index in [1.54, 1.807) is 13.8 Å². The van der Waals surface area contributed by atoms with Gasteiger partial charge in [0, 0.05) is 70.0 Å². The number of aryl methyl sites for hydroxylation is 1. The minimum Gasteiger partial charge on any atom is -0.386 e. The monoisotopic (exact) mass is 586 g/mol. The van der Waals surface area contributed by atoms with Crippen molar-refractivity contribution >= 4 is 31.6 Å². The van der Waals surface area contributed by atoms with Crippen LogP contribution in [0.4, 0.5) is 0 Å². The van der Waals surface area contributed by atoms with E-state index in [1.165, 1.54) is 39.1 Å². The van der Waals surface area contributed by atoms with Gasteiger partial charge in [-0.1, -0.05) is 56.7 Å². The van der Waals surface area contributed by atoms with Crippen molar-refractivity contribution in [2.24, 2.45) is 0 Å². The Morgan fingerprint density at radius 1 is 1.12 bits per heavy atom. The van der Waals surface area contributed by atoms with Crippen molar-refractivity contribution in [3.05, 3.63) is 69.2 Å².